The number of carbonyl (C=O) groups excluding carboxylic acids is 1. The van der Waals surface area contributed by atoms with Crippen LogP contribution in [0.25, 0.3) is 0 Å². The van der Waals surface area contributed by atoms with Crippen LogP contribution in [0.3, 0.4) is 0 Å². The summed E-state index contributed by atoms with van der Waals surface area (Å²) in [6.07, 6.45) is 2.59. The van der Waals surface area contributed by atoms with Crippen LogP contribution in [0.2, 0.25) is 0 Å². The number of nitrogens with zero attached hydrogens (tertiary/aromatic N) is 3. The third-order valence-corrected chi connectivity index (χ3v) is 4.20. The van der Waals surface area contributed by atoms with Crippen LogP contribution < -0.4 is 0 Å². The van der Waals surface area contributed by atoms with Gasteiger partial charge in [-0.25, -0.2) is 9.79 Å². The maximum absolute atomic E-state index is 11.7. The number of carbonyl (C=O) groups is 1. The van der Waals surface area contributed by atoms with Gasteiger partial charge in [0.05, 0.1) is 6.61 Å². The Hall–Kier alpha value is -2.14. The van der Waals surface area contributed by atoms with Crippen LogP contribution in [0, 0.1) is 0 Å². The second-order valence-electron chi connectivity index (χ2n) is 5.79. The van der Waals surface area contributed by atoms with Gasteiger partial charge in [-0.15, -0.1) is 0 Å². The second kappa shape index (κ2) is 7.42. The van der Waals surface area contributed by atoms with E-state index >= 15 is 0 Å². The van der Waals surface area contributed by atoms with Crippen molar-refractivity contribution in [1.82, 2.24) is 9.80 Å². The van der Waals surface area contributed by atoms with Crippen molar-refractivity contribution in [3.63, 3.8) is 0 Å². The van der Waals surface area contributed by atoms with Crippen LogP contribution in [-0.4, -0.2) is 54.4 Å². The van der Waals surface area contributed by atoms with E-state index < -0.39 is 0 Å². The SMILES string of the molecule is CCOC(=O)C1=CCC(N2CCN(Cc3ccccc3)CC2)=N1. The van der Waals surface area contributed by atoms with E-state index in [2.05, 4.69) is 39.1 Å². The predicted molar refractivity (Wildman–Crippen MR) is 90.1 cm³/mol. The van der Waals surface area contributed by atoms with Gasteiger partial charge in [0.2, 0.25) is 0 Å². The Morgan fingerprint density at radius 2 is 1.91 bits per heavy atom. The summed E-state index contributed by atoms with van der Waals surface area (Å²) in [6, 6.07) is 10.6. The second-order valence-corrected chi connectivity index (χ2v) is 5.79. The van der Waals surface area contributed by atoms with Crippen molar-refractivity contribution in [2.45, 2.75) is 19.9 Å². The number of benzene rings is 1. The number of rotatable bonds is 4. The molecule has 0 unspecified atom stereocenters. The molecule has 1 saturated heterocycles. The molecule has 2 aliphatic heterocycles. The van der Waals surface area contributed by atoms with E-state index in [0.717, 1.165) is 45.0 Å². The van der Waals surface area contributed by atoms with Crippen molar-refractivity contribution in [3.05, 3.63) is 47.7 Å². The van der Waals surface area contributed by atoms with Gasteiger partial charge < -0.3 is 9.64 Å². The van der Waals surface area contributed by atoms with E-state index in [4.69, 9.17) is 4.74 Å². The lowest BCUT2D eigenvalue weighted by Gasteiger charge is -2.35. The molecule has 5 heteroatoms. The Morgan fingerprint density at radius 1 is 1.17 bits per heavy atom. The molecule has 0 bridgehead atoms. The Labute approximate surface area is 137 Å². The van der Waals surface area contributed by atoms with E-state index in [0.29, 0.717) is 12.3 Å². The maximum Gasteiger partial charge on any atom is 0.356 e. The lowest BCUT2D eigenvalue weighted by molar-refractivity contribution is -0.138. The molecular formula is C18H23N3O2. The molecule has 122 valence electrons. The van der Waals surface area contributed by atoms with E-state index in [1.165, 1.54) is 5.56 Å². The van der Waals surface area contributed by atoms with Crippen molar-refractivity contribution < 1.29 is 9.53 Å². The number of ether oxygens (including phenoxy) is 1. The normalized spacial score (nSPS) is 18.6. The first-order valence-corrected chi connectivity index (χ1v) is 8.22. The van der Waals surface area contributed by atoms with Crippen LogP contribution in [0.1, 0.15) is 18.9 Å². The van der Waals surface area contributed by atoms with Gasteiger partial charge in [0, 0.05) is 39.1 Å². The largest absolute Gasteiger partial charge is 0.461 e. The molecule has 0 saturated carbocycles. The highest BCUT2D eigenvalue weighted by molar-refractivity contribution is 5.97. The molecule has 0 atom stereocenters. The van der Waals surface area contributed by atoms with E-state index in [-0.39, 0.29) is 5.97 Å². The number of hydrogen-bond donors (Lipinski definition) is 0. The Morgan fingerprint density at radius 3 is 2.61 bits per heavy atom. The molecular weight excluding hydrogens is 290 g/mol. The first kappa shape index (κ1) is 15.7. The van der Waals surface area contributed by atoms with Crippen molar-refractivity contribution in [2.24, 2.45) is 4.99 Å². The van der Waals surface area contributed by atoms with Crippen LogP contribution in [0.15, 0.2) is 47.1 Å². The number of amidine groups is 1. The zero-order valence-electron chi connectivity index (χ0n) is 13.6. The molecule has 0 N–H and O–H groups in total. The van der Waals surface area contributed by atoms with Crippen molar-refractivity contribution in [3.8, 4) is 0 Å². The average Bonchev–Trinajstić information content (AvgIpc) is 3.07. The smallest absolute Gasteiger partial charge is 0.356 e. The summed E-state index contributed by atoms with van der Waals surface area (Å²) in [5.41, 5.74) is 1.80. The van der Waals surface area contributed by atoms with E-state index in [1.54, 1.807) is 0 Å². The molecule has 23 heavy (non-hydrogen) atoms. The summed E-state index contributed by atoms with van der Waals surface area (Å²) in [4.78, 5) is 20.9. The lowest BCUT2D eigenvalue weighted by atomic mass is 10.2. The van der Waals surface area contributed by atoms with Crippen molar-refractivity contribution in [1.29, 1.82) is 0 Å². The highest BCUT2D eigenvalue weighted by Crippen LogP contribution is 2.17. The minimum Gasteiger partial charge on any atom is -0.461 e. The molecule has 0 amide bonds. The van der Waals surface area contributed by atoms with Crippen molar-refractivity contribution >= 4 is 11.8 Å². The molecule has 1 aromatic carbocycles. The summed E-state index contributed by atoms with van der Waals surface area (Å²) in [5, 5.41) is 0. The minimum absolute atomic E-state index is 0.315. The molecule has 2 aliphatic rings. The van der Waals surface area contributed by atoms with Gasteiger partial charge in [0.1, 0.15) is 11.5 Å². The Bertz CT molecular complexity index is 602. The molecule has 0 aromatic heterocycles. The van der Waals surface area contributed by atoms with Gasteiger partial charge in [-0.2, -0.15) is 0 Å². The van der Waals surface area contributed by atoms with Crippen LogP contribution >= 0.6 is 0 Å². The molecule has 5 nitrogen and oxygen atoms in total. The van der Waals surface area contributed by atoms with Gasteiger partial charge in [0.15, 0.2) is 0 Å². The number of hydrogen-bond acceptors (Lipinski definition) is 5. The number of piperazine rings is 1. The predicted octanol–water partition coefficient (Wildman–Crippen LogP) is 2.05. The zero-order valence-corrected chi connectivity index (χ0v) is 13.6. The summed E-state index contributed by atoms with van der Waals surface area (Å²) < 4.78 is 5.00. The van der Waals surface area contributed by atoms with E-state index in [1.807, 2.05) is 19.1 Å². The van der Waals surface area contributed by atoms with Crippen LogP contribution in [-0.2, 0) is 16.1 Å². The van der Waals surface area contributed by atoms with Gasteiger partial charge >= 0.3 is 5.97 Å². The van der Waals surface area contributed by atoms with Crippen molar-refractivity contribution in [2.75, 3.05) is 32.8 Å². The van der Waals surface area contributed by atoms with E-state index in [9.17, 15) is 4.79 Å². The first-order chi connectivity index (χ1) is 11.3. The molecule has 3 rings (SSSR count). The third-order valence-electron chi connectivity index (χ3n) is 4.20. The van der Waals surface area contributed by atoms with Gasteiger partial charge in [-0.05, 0) is 18.6 Å². The fraction of sp³-hybridized carbons (Fsp3) is 0.444. The fourth-order valence-electron chi connectivity index (χ4n) is 2.96. The zero-order chi connectivity index (χ0) is 16.1. The van der Waals surface area contributed by atoms with Crippen LogP contribution in [0.5, 0.6) is 0 Å². The Balaban J connectivity index is 1.50. The van der Waals surface area contributed by atoms with Gasteiger partial charge in [-0.1, -0.05) is 30.3 Å². The third kappa shape index (κ3) is 3.99. The summed E-state index contributed by atoms with van der Waals surface area (Å²) in [7, 11) is 0. The fourth-order valence-corrected chi connectivity index (χ4v) is 2.96. The highest BCUT2D eigenvalue weighted by atomic mass is 16.5. The van der Waals surface area contributed by atoms with Gasteiger partial charge in [-0.3, -0.25) is 4.90 Å². The lowest BCUT2D eigenvalue weighted by Crippen LogP contribution is -2.47. The molecule has 0 aliphatic carbocycles. The molecule has 1 aromatic rings. The standard InChI is InChI=1S/C18H23N3O2/c1-2-23-18(22)16-8-9-17(19-16)21-12-10-20(11-13-21)14-15-6-4-3-5-7-15/h3-8H,2,9-14H2,1H3. The average molecular weight is 313 g/mol. The molecule has 1 fully saturated rings. The summed E-state index contributed by atoms with van der Waals surface area (Å²) >= 11 is 0. The van der Waals surface area contributed by atoms with Crippen LogP contribution in [0.4, 0.5) is 0 Å². The number of aliphatic imine (C=N–C) groups is 1. The van der Waals surface area contributed by atoms with Gasteiger partial charge in [0.25, 0.3) is 0 Å². The molecule has 0 spiro atoms. The highest BCUT2D eigenvalue weighted by Gasteiger charge is 2.24. The number of esters is 1. The first-order valence-electron chi connectivity index (χ1n) is 8.22. The molecule has 2 heterocycles. The monoisotopic (exact) mass is 313 g/mol. The summed E-state index contributed by atoms with van der Waals surface area (Å²) in [6.45, 7) is 7.13. The minimum atomic E-state index is -0.315. The quantitative estimate of drug-likeness (QED) is 0.798. The summed E-state index contributed by atoms with van der Waals surface area (Å²) in [5.74, 6) is 0.678. The Kier molecular flexibility index (Phi) is 5.08. The molecule has 0 radical (unpaired) electrons. The topological polar surface area (TPSA) is 45.1 Å². The maximum atomic E-state index is 11.7.